The number of hydrogen-bond donors (Lipinski definition) is 2. The zero-order valence-electron chi connectivity index (χ0n) is 19.8. The van der Waals surface area contributed by atoms with Crippen molar-refractivity contribution in [1.82, 2.24) is 15.1 Å². The fourth-order valence-electron chi connectivity index (χ4n) is 4.50. The van der Waals surface area contributed by atoms with E-state index < -0.39 is 0 Å². The van der Waals surface area contributed by atoms with Crippen LogP contribution in [0.1, 0.15) is 30.9 Å². The number of hydrogen-bond acceptors (Lipinski definition) is 4. The second-order valence-corrected chi connectivity index (χ2v) is 8.80. The van der Waals surface area contributed by atoms with Crippen molar-refractivity contribution in [3.8, 4) is 0 Å². The standard InChI is InChI=1S/C26H33N5O3/c1-2-21-8-3-4-10-23(21)28-24(32)19-29-13-15-30(16-14-29)26(34)27-18-20-7-5-9-22(17-20)31-12-6-11-25(31)33/h3-5,7-10,17H,2,6,11-16,18-19H2,1H3,(H,27,34)(H,28,32). The van der Waals surface area contributed by atoms with Crippen LogP contribution >= 0.6 is 0 Å². The lowest BCUT2D eigenvalue weighted by Crippen LogP contribution is -2.52. The molecule has 2 aliphatic heterocycles. The van der Waals surface area contributed by atoms with Gasteiger partial charge in [-0.15, -0.1) is 0 Å². The first-order valence-electron chi connectivity index (χ1n) is 12.1. The Balaban J connectivity index is 1.21. The molecule has 0 radical (unpaired) electrons. The zero-order valence-corrected chi connectivity index (χ0v) is 19.8. The number of carbonyl (C=O) groups excluding carboxylic acids is 3. The SMILES string of the molecule is CCc1ccccc1NC(=O)CN1CCN(C(=O)NCc2cccc(N3CCCC3=O)c2)CC1. The average Bonchev–Trinajstić information content (AvgIpc) is 3.29. The summed E-state index contributed by atoms with van der Waals surface area (Å²) in [5.74, 6) is 0.123. The van der Waals surface area contributed by atoms with Gasteiger partial charge in [0, 0.05) is 57.1 Å². The third kappa shape index (κ3) is 5.94. The molecule has 2 fully saturated rings. The molecule has 0 aliphatic carbocycles. The first-order chi connectivity index (χ1) is 16.5. The van der Waals surface area contributed by atoms with E-state index in [-0.39, 0.29) is 17.8 Å². The molecule has 0 saturated carbocycles. The monoisotopic (exact) mass is 463 g/mol. The molecule has 2 heterocycles. The average molecular weight is 464 g/mol. The number of anilines is 2. The number of urea groups is 1. The Kier molecular flexibility index (Phi) is 7.80. The minimum atomic E-state index is -0.108. The third-order valence-electron chi connectivity index (χ3n) is 6.44. The maximum Gasteiger partial charge on any atom is 0.317 e. The van der Waals surface area contributed by atoms with E-state index in [1.54, 1.807) is 4.90 Å². The largest absolute Gasteiger partial charge is 0.334 e. The summed E-state index contributed by atoms with van der Waals surface area (Å²) in [6.45, 7) is 6.01. The number of nitrogens with zero attached hydrogens (tertiary/aromatic N) is 3. The fraction of sp³-hybridized carbons (Fsp3) is 0.423. The van der Waals surface area contributed by atoms with Crippen molar-refractivity contribution in [2.75, 3.05) is 49.5 Å². The highest BCUT2D eigenvalue weighted by atomic mass is 16.2. The zero-order chi connectivity index (χ0) is 23.9. The molecular weight excluding hydrogens is 430 g/mol. The number of piperazine rings is 1. The van der Waals surface area contributed by atoms with Crippen molar-refractivity contribution in [1.29, 1.82) is 0 Å². The molecule has 2 aliphatic rings. The Hall–Kier alpha value is -3.39. The van der Waals surface area contributed by atoms with Gasteiger partial charge in [0.05, 0.1) is 6.54 Å². The van der Waals surface area contributed by atoms with E-state index in [0.29, 0.717) is 45.7 Å². The van der Waals surface area contributed by atoms with Gasteiger partial charge in [-0.1, -0.05) is 37.3 Å². The third-order valence-corrected chi connectivity index (χ3v) is 6.44. The molecule has 2 aromatic carbocycles. The Labute approximate surface area is 200 Å². The van der Waals surface area contributed by atoms with Gasteiger partial charge in [-0.25, -0.2) is 4.79 Å². The molecule has 2 saturated heterocycles. The van der Waals surface area contributed by atoms with Gasteiger partial charge >= 0.3 is 6.03 Å². The van der Waals surface area contributed by atoms with Crippen LogP contribution in [0.5, 0.6) is 0 Å². The van der Waals surface area contributed by atoms with Gasteiger partial charge in [0.15, 0.2) is 0 Å². The van der Waals surface area contributed by atoms with Crippen molar-refractivity contribution in [3.63, 3.8) is 0 Å². The molecule has 4 rings (SSSR count). The highest BCUT2D eigenvalue weighted by molar-refractivity contribution is 5.95. The number of amides is 4. The predicted octanol–water partition coefficient (Wildman–Crippen LogP) is 2.84. The number of para-hydroxylation sites is 1. The maximum atomic E-state index is 12.7. The Morgan fingerprint density at radius 2 is 1.76 bits per heavy atom. The lowest BCUT2D eigenvalue weighted by Gasteiger charge is -2.34. The van der Waals surface area contributed by atoms with Gasteiger partial charge < -0.3 is 20.4 Å². The summed E-state index contributed by atoms with van der Waals surface area (Å²) in [6, 6.07) is 15.5. The molecule has 4 amide bonds. The molecule has 2 N–H and O–H groups in total. The normalized spacial score (nSPS) is 16.6. The molecule has 0 spiro atoms. The summed E-state index contributed by atoms with van der Waals surface area (Å²) in [4.78, 5) is 42.8. The van der Waals surface area contributed by atoms with Crippen LogP contribution in [-0.4, -0.2) is 66.9 Å². The van der Waals surface area contributed by atoms with Gasteiger partial charge in [-0.05, 0) is 42.2 Å². The Morgan fingerprint density at radius 3 is 2.50 bits per heavy atom. The van der Waals surface area contributed by atoms with Crippen molar-refractivity contribution in [2.24, 2.45) is 0 Å². The van der Waals surface area contributed by atoms with Crippen molar-refractivity contribution < 1.29 is 14.4 Å². The second-order valence-electron chi connectivity index (χ2n) is 8.80. The summed E-state index contributed by atoms with van der Waals surface area (Å²) in [6.07, 6.45) is 2.35. The molecule has 34 heavy (non-hydrogen) atoms. The quantitative estimate of drug-likeness (QED) is 0.661. The maximum absolute atomic E-state index is 12.7. The van der Waals surface area contributed by atoms with Gasteiger partial charge in [-0.2, -0.15) is 0 Å². The lowest BCUT2D eigenvalue weighted by atomic mass is 10.1. The van der Waals surface area contributed by atoms with Crippen molar-refractivity contribution in [3.05, 3.63) is 59.7 Å². The summed E-state index contributed by atoms with van der Waals surface area (Å²) < 4.78 is 0. The van der Waals surface area contributed by atoms with E-state index >= 15 is 0 Å². The van der Waals surface area contributed by atoms with E-state index in [4.69, 9.17) is 0 Å². The van der Waals surface area contributed by atoms with Gasteiger partial charge in [0.2, 0.25) is 11.8 Å². The van der Waals surface area contributed by atoms with Crippen LogP contribution in [0.3, 0.4) is 0 Å². The van der Waals surface area contributed by atoms with Crippen molar-refractivity contribution >= 4 is 29.2 Å². The smallest absolute Gasteiger partial charge is 0.317 e. The van der Waals surface area contributed by atoms with Crippen LogP contribution in [0.4, 0.5) is 16.2 Å². The summed E-state index contributed by atoms with van der Waals surface area (Å²) in [7, 11) is 0. The number of nitrogens with one attached hydrogen (secondary N) is 2. The Morgan fingerprint density at radius 1 is 0.971 bits per heavy atom. The van der Waals surface area contributed by atoms with Crippen LogP contribution in [0, 0.1) is 0 Å². The van der Waals surface area contributed by atoms with Crippen LogP contribution in [0.2, 0.25) is 0 Å². The predicted molar refractivity (Wildman–Crippen MR) is 133 cm³/mol. The number of benzene rings is 2. The van der Waals surface area contributed by atoms with E-state index in [1.807, 2.05) is 53.4 Å². The first-order valence-corrected chi connectivity index (χ1v) is 12.1. The minimum absolute atomic E-state index is 0.0323. The van der Waals surface area contributed by atoms with Crippen molar-refractivity contribution in [2.45, 2.75) is 32.7 Å². The Bertz CT molecular complexity index is 1030. The topological polar surface area (TPSA) is 85.0 Å². The molecular formula is C26H33N5O3. The lowest BCUT2D eigenvalue weighted by molar-refractivity contribution is -0.118. The molecule has 2 aromatic rings. The van der Waals surface area contributed by atoms with E-state index in [9.17, 15) is 14.4 Å². The molecule has 0 aromatic heterocycles. The van der Waals surface area contributed by atoms with Crippen LogP contribution in [-0.2, 0) is 22.6 Å². The minimum Gasteiger partial charge on any atom is -0.334 e. The highest BCUT2D eigenvalue weighted by Crippen LogP contribution is 2.22. The molecule has 0 unspecified atom stereocenters. The summed E-state index contributed by atoms with van der Waals surface area (Å²) in [5, 5.41) is 5.99. The summed E-state index contributed by atoms with van der Waals surface area (Å²) >= 11 is 0. The molecule has 8 nitrogen and oxygen atoms in total. The highest BCUT2D eigenvalue weighted by Gasteiger charge is 2.23. The van der Waals surface area contributed by atoms with Crippen LogP contribution < -0.4 is 15.5 Å². The molecule has 8 heteroatoms. The van der Waals surface area contributed by atoms with E-state index in [1.165, 1.54) is 0 Å². The molecule has 0 bridgehead atoms. The molecule has 180 valence electrons. The van der Waals surface area contributed by atoms with Gasteiger partial charge in [0.25, 0.3) is 0 Å². The van der Waals surface area contributed by atoms with E-state index in [0.717, 1.165) is 41.9 Å². The summed E-state index contributed by atoms with van der Waals surface area (Å²) in [5.41, 5.74) is 3.84. The molecule has 0 atom stereocenters. The van der Waals surface area contributed by atoms with E-state index in [2.05, 4.69) is 22.5 Å². The van der Waals surface area contributed by atoms with Gasteiger partial charge in [-0.3, -0.25) is 14.5 Å². The number of aryl methyl sites for hydroxylation is 1. The first kappa shape index (κ1) is 23.8. The van der Waals surface area contributed by atoms with Gasteiger partial charge in [0.1, 0.15) is 0 Å². The van der Waals surface area contributed by atoms with Crippen LogP contribution in [0.15, 0.2) is 48.5 Å². The number of rotatable bonds is 7. The van der Waals surface area contributed by atoms with Crippen LogP contribution in [0.25, 0.3) is 0 Å². The fourth-order valence-corrected chi connectivity index (χ4v) is 4.50. The number of carbonyl (C=O) groups is 3. The second kappa shape index (κ2) is 11.2.